The minimum Gasteiger partial charge on any atom is -0.497 e. The molecule has 38 heavy (non-hydrogen) atoms. The maximum absolute atomic E-state index is 13.2. The van der Waals surface area contributed by atoms with Gasteiger partial charge in [0.15, 0.2) is 0 Å². The number of rotatable bonds is 7. The number of hydrogen-bond donors (Lipinski definition) is 1. The molecule has 202 valence electrons. The highest BCUT2D eigenvalue weighted by atomic mass is 32.2. The lowest BCUT2D eigenvalue weighted by atomic mass is 9.97. The first-order chi connectivity index (χ1) is 18.3. The van der Waals surface area contributed by atoms with Gasteiger partial charge < -0.3 is 14.7 Å². The number of fused-ring (bicyclic) bond motifs is 1. The lowest BCUT2D eigenvalue weighted by Crippen LogP contribution is -2.49. The Bertz CT molecular complexity index is 1400. The van der Waals surface area contributed by atoms with Gasteiger partial charge in [-0.1, -0.05) is 12.1 Å². The Labute approximate surface area is 222 Å². The predicted molar refractivity (Wildman–Crippen MR) is 144 cm³/mol. The van der Waals surface area contributed by atoms with Crippen molar-refractivity contribution in [3.8, 4) is 5.75 Å². The van der Waals surface area contributed by atoms with E-state index in [1.54, 1.807) is 31.4 Å². The Morgan fingerprint density at radius 1 is 0.974 bits per heavy atom. The summed E-state index contributed by atoms with van der Waals surface area (Å²) in [6, 6.07) is 14.2. The highest BCUT2D eigenvalue weighted by Crippen LogP contribution is 2.31. The number of aromatic nitrogens is 2. The summed E-state index contributed by atoms with van der Waals surface area (Å²) in [5.74, 6) is 1.08. The molecule has 0 saturated carbocycles. The maximum atomic E-state index is 13.2. The number of aliphatic carboxylic acids is 1. The Morgan fingerprint density at radius 2 is 1.63 bits per heavy atom. The van der Waals surface area contributed by atoms with Gasteiger partial charge in [-0.15, -0.1) is 0 Å². The van der Waals surface area contributed by atoms with Crippen molar-refractivity contribution >= 4 is 32.7 Å². The van der Waals surface area contributed by atoms with E-state index in [2.05, 4.69) is 16.7 Å². The molecule has 2 aromatic carbocycles. The van der Waals surface area contributed by atoms with Gasteiger partial charge in [0.05, 0.1) is 29.5 Å². The first-order valence-electron chi connectivity index (χ1n) is 12.9. The lowest BCUT2D eigenvalue weighted by Gasteiger charge is -2.37. The standard InChI is InChI=1S/C27H33N5O5S/c1-19(30-15-17-32(18-16-30)38(35,36)22-9-7-21(37-2)8-10-22)25-28-24-6-4-3-5-23(24)26(29-25)31-13-11-20(12-14-31)27(33)34/h3-10,19-20H,11-18H2,1-2H3,(H,33,34). The third-order valence-electron chi connectivity index (χ3n) is 7.64. The SMILES string of the molecule is COc1ccc(S(=O)(=O)N2CCN(C(C)c3nc(N4CCC(C(=O)O)CC4)c4ccccc4n3)CC2)cc1. The molecule has 2 saturated heterocycles. The molecule has 3 aromatic rings. The summed E-state index contributed by atoms with van der Waals surface area (Å²) < 4.78 is 33.0. The van der Waals surface area contributed by atoms with Crippen molar-refractivity contribution in [2.45, 2.75) is 30.7 Å². The molecule has 11 heteroatoms. The van der Waals surface area contributed by atoms with Gasteiger partial charge in [-0.05, 0) is 56.2 Å². The van der Waals surface area contributed by atoms with E-state index in [4.69, 9.17) is 14.7 Å². The number of carbonyl (C=O) groups is 1. The van der Waals surface area contributed by atoms with E-state index in [9.17, 15) is 18.3 Å². The summed E-state index contributed by atoms with van der Waals surface area (Å²) in [5, 5.41) is 10.3. The van der Waals surface area contributed by atoms with Crippen LogP contribution in [0.5, 0.6) is 5.75 Å². The zero-order valence-corrected chi connectivity index (χ0v) is 22.5. The number of piperidine rings is 1. The van der Waals surface area contributed by atoms with Gasteiger partial charge in [-0.3, -0.25) is 9.69 Å². The van der Waals surface area contributed by atoms with Crippen LogP contribution in [0.25, 0.3) is 10.9 Å². The van der Waals surface area contributed by atoms with Crippen LogP contribution in [0.2, 0.25) is 0 Å². The van der Waals surface area contributed by atoms with Crippen LogP contribution in [0, 0.1) is 5.92 Å². The van der Waals surface area contributed by atoms with E-state index in [1.807, 2.05) is 24.3 Å². The monoisotopic (exact) mass is 539 g/mol. The van der Waals surface area contributed by atoms with E-state index in [0.29, 0.717) is 63.7 Å². The van der Waals surface area contributed by atoms with Crippen LogP contribution in [0.3, 0.4) is 0 Å². The van der Waals surface area contributed by atoms with Crippen molar-refractivity contribution in [1.82, 2.24) is 19.2 Å². The average Bonchev–Trinajstić information content (AvgIpc) is 2.96. The summed E-state index contributed by atoms with van der Waals surface area (Å²) in [7, 11) is -2.04. The van der Waals surface area contributed by atoms with Crippen molar-refractivity contribution in [1.29, 1.82) is 0 Å². The number of ether oxygens (including phenoxy) is 1. The van der Waals surface area contributed by atoms with E-state index in [0.717, 1.165) is 16.7 Å². The average molecular weight is 540 g/mol. The predicted octanol–water partition coefficient (Wildman–Crippen LogP) is 3.01. The molecule has 1 atom stereocenters. The van der Waals surface area contributed by atoms with Crippen LogP contribution in [0.4, 0.5) is 5.82 Å². The number of anilines is 1. The molecule has 3 heterocycles. The summed E-state index contributed by atoms with van der Waals surface area (Å²) in [5.41, 5.74) is 0.848. The van der Waals surface area contributed by atoms with Gasteiger partial charge in [0.2, 0.25) is 10.0 Å². The van der Waals surface area contributed by atoms with Crippen LogP contribution in [0.1, 0.15) is 31.6 Å². The fourth-order valence-electron chi connectivity index (χ4n) is 5.23. The second-order valence-electron chi connectivity index (χ2n) is 9.81. The normalized spacial score (nSPS) is 18.9. The van der Waals surface area contributed by atoms with Crippen molar-refractivity contribution in [3.05, 3.63) is 54.4 Å². The van der Waals surface area contributed by atoms with Gasteiger partial charge >= 0.3 is 5.97 Å². The number of para-hydroxylation sites is 1. The molecule has 1 N–H and O–H groups in total. The van der Waals surface area contributed by atoms with Crippen LogP contribution >= 0.6 is 0 Å². The van der Waals surface area contributed by atoms with Crippen LogP contribution < -0.4 is 9.64 Å². The number of methoxy groups -OCH3 is 1. The minimum atomic E-state index is -3.59. The molecule has 10 nitrogen and oxygen atoms in total. The van der Waals surface area contributed by atoms with Crippen molar-refractivity contribution in [2.75, 3.05) is 51.3 Å². The van der Waals surface area contributed by atoms with Gasteiger partial charge in [0.1, 0.15) is 17.4 Å². The Hall–Kier alpha value is -3.28. The van der Waals surface area contributed by atoms with Crippen LogP contribution in [0.15, 0.2) is 53.4 Å². The Kier molecular flexibility index (Phi) is 7.51. The molecule has 2 aliphatic rings. The van der Waals surface area contributed by atoms with Crippen molar-refractivity contribution < 1.29 is 23.1 Å². The maximum Gasteiger partial charge on any atom is 0.306 e. The smallest absolute Gasteiger partial charge is 0.306 e. The number of nitrogens with zero attached hydrogens (tertiary/aromatic N) is 5. The van der Waals surface area contributed by atoms with E-state index < -0.39 is 16.0 Å². The molecular formula is C27H33N5O5S. The summed E-state index contributed by atoms with van der Waals surface area (Å²) in [6.07, 6.45) is 1.17. The highest BCUT2D eigenvalue weighted by molar-refractivity contribution is 7.89. The molecular weight excluding hydrogens is 506 g/mol. The van der Waals surface area contributed by atoms with E-state index in [1.165, 1.54) is 4.31 Å². The highest BCUT2D eigenvalue weighted by Gasteiger charge is 2.32. The molecule has 1 unspecified atom stereocenters. The number of benzene rings is 2. The summed E-state index contributed by atoms with van der Waals surface area (Å²) >= 11 is 0. The Balaban J connectivity index is 1.32. The van der Waals surface area contributed by atoms with Gasteiger partial charge in [-0.25, -0.2) is 18.4 Å². The third kappa shape index (κ3) is 5.18. The topological polar surface area (TPSA) is 116 Å². The van der Waals surface area contributed by atoms with Crippen molar-refractivity contribution in [2.24, 2.45) is 5.92 Å². The third-order valence-corrected chi connectivity index (χ3v) is 9.55. The molecule has 0 radical (unpaired) electrons. The molecule has 1 aromatic heterocycles. The van der Waals surface area contributed by atoms with Crippen LogP contribution in [-0.2, 0) is 14.8 Å². The number of carboxylic acids is 1. The molecule has 2 fully saturated rings. The number of sulfonamides is 1. The van der Waals surface area contributed by atoms with Crippen molar-refractivity contribution in [3.63, 3.8) is 0 Å². The molecule has 0 aliphatic carbocycles. The zero-order valence-electron chi connectivity index (χ0n) is 21.7. The van der Waals surface area contributed by atoms with Gasteiger partial charge in [0.25, 0.3) is 0 Å². The molecule has 0 spiro atoms. The van der Waals surface area contributed by atoms with E-state index >= 15 is 0 Å². The minimum absolute atomic E-state index is 0.110. The summed E-state index contributed by atoms with van der Waals surface area (Å²) in [6.45, 7) is 5.20. The molecule has 2 aliphatic heterocycles. The number of carboxylic acid groups (broad SMARTS) is 1. The van der Waals surface area contributed by atoms with E-state index in [-0.39, 0.29) is 16.9 Å². The largest absolute Gasteiger partial charge is 0.497 e. The number of piperazine rings is 1. The fraction of sp³-hybridized carbons (Fsp3) is 0.444. The quantitative estimate of drug-likeness (QED) is 0.484. The van der Waals surface area contributed by atoms with Crippen LogP contribution in [-0.4, -0.2) is 85.0 Å². The lowest BCUT2D eigenvalue weighted by molar-refractivity contribution is -0.142. The van der Waals surface area contributed by atoms with Gasteiger partial charge in [-0.2, -0.15) is 4.31 Å². The first kappa shape index (κ1) is 26.3. The number of hydrogen-bond acceptors (Lipinski definition) is 8. The van der Waals surface area contributed by atoms with Gasteiger partial charge in [0, 0.05) is 44.7 Å². The Morgan fingerprint density at radius 3 is 2.26 bits per heavy atom. The molecule has 0 amide bonds. The fourth-order valence-corrected chi connectivity index (χ4v) is 6.66. The molecule has 5 rings (SSSR count). The molecule has 0 bridgehead atoms. The zero-order chi connectivity index (χ0) is 26.9. The first-order valence-corrected chi connectivity index (χ1v) is 14.3. The second-order valence-corrected chi connectivity index (χ2v) is 11.8. The summed E-state index contributed by atoms with van der Waals surface area (Å²) in [4.78, 5) is 25.9. The second kappa shape index (κ2) is 10.8.